The first-order chi connectivity index (χ1) is 17.1. The molecule has 2 aliphatic rings. The van der Waals surface area contributed by atoms with Crippen molar-refractivity contribution in [1.82, 2.24) is 4.90 Å². The summed E-state index contributed by atoms with van der Waals surface area (Å²) in [5.41, 5.74) is 5.20. The molecule has 0 saturated carbocycles. The van der Waals surface area contributed by atoms with Gasteiger partial charge in [0.15, 0.2) is 0 Å². The molecule has 6 nitrogen and oxygen atoms in total. The maximum atomic E-state index is 12.6. The van der Waals surface area contributed by atoms with Crippen LogP contribution in [0.1, 0.15) is 24.0 Å². The van der Waals surface area contributed by atoms with E-state index in [2.05, 4.69) is 57.6 Å². The Bertz CT molecular complexity index is 1140. The lowest BCUT2D eigenvalue weighted by molar-refractivity contribution is -0.117. The van der Waals surface area contributed by atoms with E-state index in [0.717, 1.165) is 62.6 Å². The van der Waals surface area contributed by atoms with Gasteiger partial charge in [0.25, 0.3) is 0 Å². The number of rotatable bonds is 7. The Morgan fingerprint density at radius 3 is 2.09 bits per heavy atom. The van der Waals surface area contributed by atoms with Gasteiger partial charge in [-0.2, -0.15) is 0 Å². The largest absolute Gasteiger partial charge is 0.369 e. The fourth-order valence-electron chi connectivity index (χ4n) is 4.87. The van der Waals surface area contributed by atoms with Gasteiger partial charge in [0, 0.05) is 62.8 Å². The van der Waals surface area contributed by atoms with Crippen LogP contribution in [0.2, 0.25) is 0 Å². The highest BCUT2D eigenvalue weighted by atomic mass is 16.2. The molecular formula is C29H32N4O2. The molecule has 2 aliphatic heterocycles. The van der Waals surface area contributed by atoms with Crippen molar-refractivity contribution in [1.29, 1.82) is 0 Å². The standard InChI is InChI=1S/C29H32N4O2/c34-28(21-23-8-12-27(13-9-23)33-16-4-7-29(33)35)30-25-10-14-26(15-11-25)32-19-17-31(18-20-32)22-24-5-2-1-3-6-24/h1-3,5-6,8-15H,4,7,16-22H2,(H,30,34). The van der Waals surface area contributed by atoms with Crippen molar-refractivity contribution in [2.24, 2.45) is 0 Å². The molecular weight excluding hydrogens is 436 g/mol. The molecule has 0 aliphatic carbocycles. The van der Waals surface area contributed by atoms with Crippen molar-refractivity contribution >= 4 is 28.9 Å². The normalized spacial score (nSPS) is 16.5. The molecule has 0 radical (unpaired) electrons. The second-order valence-corrected chi connectivity index (χ2v) is 9.34. The molecule has 2 amide bonds. The third-order valence-corrected chi connectivity index (χ3v) is 6.82. The Morgan fingerprint density at radius 1 is 0.743 bits per heavy atom. The van der Waals surface area contributed by atoms with Crippen LogP contribution in [0.15, 0.2) is 78.9 Å². The summed E-state index contributed by atoms with van der Waals surface area (Å²) in [6.45, 7) is 5.85. The van der Waals surface area contributed by atoms with Crippen molar-refractivity contribution in [3.8, 4) is 0 Å². The number of hydrogen-bond donors (Lipinski definition) is 1. The van der Waals surface area contributed by atoms with Crippen LogP contribution in [0.5, 0.6) is 0 Å². The van der Waals surface area contributed by atoms with Crippen LogP contribution >= 0.6 is 0 Å². The Labute approximate surface area is 207 Å². The van der Waals surface area contributed by atoms with Crippen molar-refractivity contribution < 1.29 is 9.59 Å². The van der Waals surface area contributed by atoms with E-state index in [0.29, 0.717) is 12.8 Å². The molecule has 0 unspecified atom stereocenters. The molecule has 0 aromatic heterocycles. The van der Waals surface area contributed by atoms with E-state index in [-0.39, 0.29) is 11.8 Å². The number of carbonyl (C=O) groups is 2. The topological polar surface area (TPSA) is 55.9 Å². The van der Waals surface area contributed by atoms with Gasteiger partial charge in [0.1, 0.15) is 0 Å². The summed E-state index contributed by atoms with van der Waals surface area (Å²) in [5, 5.41) is 3.00. The SMILES string of the molecule is O=C(Cc1ccc(N2CCCC2=O)cc1)Nc1ccc(N2CCN(Cc3ccccc3)CC2)cc1. The van der Waals surface area contributed by atoms with E-state index in [1.165, 1.54) is 11.3 Å². The van der Waals surface area contributed by atoms with E-state index in [1.807, 2.05) is 41.3 Å². The number of hydrogen-bond acceptors (Lipinski definition) is 4. The van der Waals surface area contributed by atoms with Crippen molar-refractivity contribution in [3.05, 3.63) is 90.0 Å². The highest BCUT2D eigenvalue weighted by molar-refractivity contribution is 5.95. The minimum absolute atomic E-state index is 0.0442. The van der Waals surface area contributed by atoms with Gasteiger partial charge in [-0.1, -0.05) is 42.5 Å². The summed E-state index contributed by atoms with van der Waals surface area (Å²) in [4.78, 5) is 31.2. The van der Waals surface area contributed by atoms with Gasteiger partial charge in [-0.15, -0.1) is 0 Å². The lowest BCUT2D eigenvalue weighted by Crippen LogP contribution is -2.45. The van der Waals surface area contributed by atoms with Crippen LogP contribution in [0.4, 0.5) is 17.1 Å². The Balaban J connectivity index is 1.09. The van der Waals surface area contributed by atoms with E-state index < -0.39 is 0 Å². The predicted octanol–water partition coefficient (Wildman–Crippen LogP) is 4.32. The van der Waals surface area contributed by atoms with Gasteiger partial charge in [-0.25, -0.2) is 0 Å². The van der Waals surface area contributed by atoms with Crippen LogP contribution in [0.3, 0.4) is 0 Å². The molecule has 2 heterocycles. The summed E-state index contributed by atoms with van der Waals surface area (Å²) < 4.78 is 0. The number of anilines is 3. The summed E-state index contributed by atoms with van der Waals surface area (Å²) >= 11 is 0. The van der Waals surface area contributed by atoms with Gasteiger partial charge in [-0.05, 0) is 53.9 Å². The van der Waals surface area contributed by atoms with E-state index in [1.54, 1.807) is 0 Å². The highest BCUT2D eigenvalue weighted by Gasteiger charge is 2.21. The zero-order valence-electron chi connectivity index (χ0n) is 20.0. The smallest absolute Gasteiger partial charge is 0.228 e. The Hall–Kier alpha value is -3.64. The van der Waals surface area contributed by atoms with Crippen LogP contribution in [-0.2, 0) is 22.6 Å². The lowest BCUT2D eigenvalue weighted by Gasteiger charge is -2.36. The van der Waals surface area contributed by atoms with Gasteiger partial charge in [0.2, 0.25) is 11.8 Å². The minimum atomic E-state index is -0.0442. The first-order valence-electron chi connectivity index (χ1n) is 12.4. The summed E-state index contributed by atoms with van der Waals surface area (Å²) in [6, 6.07) is 26.5. The Kier molecular flexibility index (Phi) is 7.09. The monoisotopic (exact) mass is 468 g/mol. The molecule has 3 aromatic carbocycles. The molecule has 3 aromatic rings. The van der Waals surface area contributed by atoms with E-state index in [4.69, 9.17) is 0 Å². The Morgan fingerprint density at radius 2 is 1.43 bits per heavy atom. The van der Waals surface area contributed by atoms with Crippen LogP contribution < -0.4 is 15.1 Å². The number of benzene rings is 3. The predicted molar refractivity (Wildman–Crippen MR) is 141 cm³/mol. The molecule has 180 valence electrons. The van der Waals surface area contributed by atoms with Gasteiger partial charge < -0.3 is 15.1 Å². The molecule has 0 bridgehead atoms. The van der Waals surface area contributed by atoms with Crippen LogP contribution in [0, 0.1) is 0 Å². The second-order valence-electron chi connectivity index (χ2n) is 9.34. The van der Waals surface area contributed by atoms with Crippen molar-refractivity contribution in [2.75, 3.05) is 47.8 Å². The average molecular weight is 469 g/mol. The van der Waals surface area contributed by atoms with E-state index in [9.17, 15) is 9.59 Å². The summed E-state index contributed by atoms with van der Waals surface area (Å²) in [6.07, 6.45) is 1.83. The molecule has 35 heavy (non-hydrogen) atoms. The second kappa shape index (κ2) is 10.7. The lowest BCUT2D eigenvalue weighted by atomic mass is 10.1. The van der Waals surface area contributed by atoms with Crippen LogP contribution in [-0.4, -0.2) is 49.4 Å². The quantitative estimate of drug-likeness (QED) is 0.561. The highest BCUT2D eigenvalue weighted by Crippen LogP contribution is 2.23. The third kappa shape index (κ3) is 5.89. The molecule has 0 atom stereocenters. The minimum Gasteiger partial charge on any atom is -0.369 e. The molecule has 5 rings (SSSR count). The number of piperazine rings is 1. The molecule has 1 N–H and O–H groups in total. The van der Waals surface area contributed by atoms with Gasteiger partial charge in [-0.3, -0.25) is 14.5 Å². The maximum absolute atomic E-state index is 12.6. The number of amides is 2. The van der Waals surface area contributed by atoms with Crippen molar-refractivity contribution in [2.45, 2.75) is 25.8 Å². The number of nitrogens with zero attached hydrogens (tertiary/aromatic N) is 3. The molecule has 2 fully saturated rings. The van der Waals surface area contributed by atoms with Gasteiger partial charge in [0.05, 0.1) is 6.42 Å². The zero-order chi connectivity index (χ0) is 24.0. The first-order valence-corrected chi connectivity index (χ1v) is 12.4. The number of carbonyl (C=O) groups excluding carboxylic acids is 2. The average Bonchev–Trinajstić information content (AvgIpc) is 3.32. The number of nitrogens with one attached hydrogen (secondary N) is 1. The van der Waals surface area contributed by atoms with Crippen molar-refractivity contribution in [3.63, 3.8) is 0 Å². The molecule has 6 heteroatoms. The fourth-order valence-corrected chi connectivity index (χ4v) is 4.87. The molecule has 0 spiro atoms. The van der Waals surface area contributed by atoms with E-state index >= 15 is 0 Å². The summed E-state index contributed by atoms with van der Waals surface area (Å²) in [7, 11) is 0. The fraction of sp³-hybridized carbons (Fsp3) is 0.310. The van der Waals surface area contributed by atoms with Crippen LogP contribution in [0.25, 0.3) is 0 Å². The first kappa shape index (κ1) is 23.1. The van der Waals surface area contributed by atoms with Gasteiger partial charge >= 0.3 is 0 Å². The summed E-state index contributed by atoms with van der Waals surface area (Å²) in [5.74, 6) is 0.130. The molecule has 2 saturated heterocycles. The maximum Gasteiger partial charge on any atom is 0.228 e. The zero-order valence-corrected chi connectivity index (χ0v) is 20.0. The third-order valence-electron chi connectivity index (χ3n) is 6.82.